The highest BCUT2D eigenvalue weighted by Crippen LogP contribution is 2.39. The van der Waals surface area contributed by atoms with Crippen molar-refractivity contribution in [2.24, 2.45) is 11.3 Å². The molecule has 5 heteroatoms. The first-order chi connectivity index (χ1) is 11.9. The fraction of sp³-hybridized carbons (Fsp3) is 0.714. The van der Waals surface area contributed by atoms with Crippen LogP contribution in [0.4, 0.5) is 0 Å². The number of fused-ring (bicyclic) bond motifs is 1. The van der Waals surface area contributed by atoms with Crippen molar-refractivity contribution >= 4 is 11.7 Å². The summed E-state index contributed by atoms with van der Waals surface area (Å²) in [6, 6.07) is 0. The summed E-state index contributed by atoms with van der Waals surface area (Å²) in [7, 11) is 0. The Labute approximate surface area is 157 Å². The molecule has 0 unspecified atom stereocenters. The zero-order chi connectivity index (χ0) is 19.9. The second-order valence-electron chi connectivity index (χ2n) is 9.60. The number of carbonyl (C=O) groups excluding carboxylic acids is 2. The molecule has 0 aromatic carbocycles. The van der Waals surface area contributed by atoms with Gasteiger partial charge in [0.2, 0.25) is 5.91 Å². The summed E-state index contributed by atoms with van der Waals surface area (Å²) in [5, 5.41) is 12.2. The fourth-order valence-electron chi connectivity index (χ4n) is 3.86. The van der Waals surface area contributed by atoms with Crippen LogP contribution in [0.25, 0.3) is 0 Å². The van der Waals surface area contributed by atoms with E-state index in [1.54, 1.807) is 13.8 Å². The minimum atomic E-state index is -0.669. The molecule has 26 heavy (non-hydrogen) atoms. The number of rotatable bonds is 6. The van der Waals surface area contributed by atoms with Crippen LogP contribution < -0.4 is 5.32 Å². The van der Waals surface area contributed by atoms with Gasteiger partial charge in [-0.1, -0.05) is 27.7 Å². The average Bonchev–Trinajstić information content (AvgIpc) is 2.70. The largest absolute Gasteiger partial charge is 0.394 e. The third-order valence-corrected chi connectivity index (χ3v) is 5.08. The first-order valence-electron chi connectivity index (χ1n) is 9.53. The van der Waals surface area contributed by atoms with Crippen LogP contribution in [-0.2, 0) is 24.2 Å². The summed E-state index contributed by atoms with van der Waals surface area (Å²) in [6.45, 7) is 14.9. The van der Waals surface area contributed by atoms with Gasteiger partial charge in [0.15, 0.2) is 5.78 Å². The van der Waals surface area contributed by atoms with Crippen LogP contribution in [0, 0.1) is 18.3 Å². The molecule has 2 rings (SSSR count). The average molecular weight is 363 g/mol. The third kappa shape index (κ3) is 4.37. The molecular weight excluding hydrogens is 328 g/mol. The van der Waals surface area contributed by atoms with Crippen molar-refractivity contribution in [2.75, 3.05) is 6.61 Å². The highest BCUT2D eigenvalue weighted by molar-refractivity contribution is 6.01. The lowest BCUT2D eigenvalue weighted by molar-refractivity contribution is -0.122. The molecule has 0 bridgehead atoms. The Bertz CT molecular complexity index is 711. The number of aliphatic hydroxyl groups is 1. The van der Waals surface area contributed by atoms with Crippen LogP contribution in [0.2, 0.25) is 0 Å². The smallest absolute Gasteiger partial charge is 0.225 e. The summed E-state index contributed by atoms with van der Waals surface area (Å²) < 4.78 is 2.25. The molecule has 0 spiro atoms. The Morgan fingerprint density at radius 2 is 1.92 bits per heavy atom. The summed E-state index contributed by atoms with van der Waals surface area (Å²) in [6.07, 6.45) is 1.54. The van der Waals surface area contributed by atoms with Gasteiger partial charge in [0.25, 0.3) is 0 Å². The Morgan fingerprint density at radius 1 is 1.31 bits per heavy atom. The van der Waals surface area contributed by atoms with Gasteiger partial charge in [-0.05, 0) is 44.1 Å². The van der Waals surface area contributed by atoms with Crippen molar-refractivity contribution in [1.29, 1.82) is 0 Å². The maximum atomic E-state index is 12.9. The first kappa shape index (κ1) is 20.7. The molecule has 0 saturated carbocycles. The third-order valence-electron chi connectivity index (χ3n) is 5.08. The fourth-order valence-corrected chi connectivity index (χ4v) is 3.86. The van der Waals surface area contributed by atoms with E-state index in [1.807, 2.05) is 6.92 Å². The molecule has 146 valence electrons. The van der Waals surface area contributed by atoms with E-state index >= 15 is 0 Å². The lowest BCUT2D eigenvalue weighted by atomic mass is 9.75. The number of aliphatic hydroxyl groups excluding tert-OH is 1. The van der Waals surface area contributed by atoms with Crippen LogP contribution >= 0.6 is 0 Å². The number of nitrogens with zero attached hydrogens (tertiary/aromatic N) is 1. The number of ketones is 1. The van der Waals surface area contributed by atoms with Crippen molar-refractivity contribution in [3.05, 3.63) is 22.5 Å². The highest BCUT2D eigenvalue weighted by Gasteiger charge is 2.37. The molecule has 1 amide bonds. The lowest BCUT2D eigenvalue weighted by Crippen LogP contribution is -2.47. The van der Waals surface area contributed by atoms with Crippen LogP contribution in [0.3, 0.4) is 0 Å². The van der Waals surface area contributed by atoms with Crippen molar-refractivity contribution in [3.8, 4) is 0 Å². The highest BCUT2D eigenvalue weighted by atomic mass is 16.3. The van der Waals surface area contributed by atoms with E-state index in [2.05, 4.69) is 37.6 Å². The van der Waals surface area contributed by atoms with Crippen molar-refractivity contribution in [2.45, 2.75) is 79.8 Å². The molecule has 0 atom stereocenters. The molecular formula is C21H34N2O3. The molecule has 0 saturated heterocycles. The number of nitrogens with one attached hydrogen (secondary N) is 1. The van der Waals surface area contributed by atoms with E-state index in [4.69, 9.17) is 0 Å². The minimum Gasteiger partial charge on any atom is -0.394 e. The van der Waals surface area contributed by atoms with E-state index in [0.717, 1.165) is 35.5 Å². The Kier molecular flexibility index (Phi) is 5.71. The summed E-state index contributed by atoms with van der Waals surface area (Å²) in [5.74, 6) is 0.445. The van der Waals surface area contributed by atoms with Gasteiger partial charge >= 0.3 is 0 Å². The number of amides is 1. The predicted molar refractivity (Wildman–Crippen MR) is 103 cm³/mol. The van der Waals surface area contributed by atoms with Crippen molar-refractivity contribution < 1.29 is 14.7 Å². The first-order valence-corrected chi connectivity index (χ1v) is 9.53. The van der Waals surface area contributed by atoms with Crippen molar-refractivity contribution in [3.63, 3.8) is 0 Å². The number of aromatic nitrogens is 1. The van der Waals surface area contributed by atoms with Gasteiger partial charge in [-0.25, -0.2) is 0 Å². The van der Waals surface area contributed by atoms with Gasteiger partial charge in [0, 0.05) is 29.9 Å². The summed E-state index contributed by atoms with van der Waals surface area (Å²) >= 11 is 0. The van der Waals surface area contributed by atoms with Crippen molar-refractivity contribution in [1.82, 2.24) is 9.88 Å². The molecule has 1 aromatic heterocycles. The van der Waals surface area contributed by atoms with Crippen LogP contribution in [-0.4, -0.2) is 33.5 Å². The molecule has 1 aromatic rings. The van der Waals surface area contributed by atoms with Crippen LogP contribution in [0.15, 0.2) is 0 Å². The Morgan fingerprint density at radius 3 is 2.46 bits per heavy atom. The van der Waals surface area contributed by atoms with Gasteiger partial charge in [-0.2, -0.15) is 0 Å². The normalized spacial score (nSPS) is 16.7. The quantitative estimate of drug-likeness (QED) is 0.817. The Hall–Kier alpha value is -1.62. The second-order valence-corrected chi connectivity index (χ2v) is 9.60. The SMILES string of the molecule is Cc1c(CC(=O)NC(C)(C)CO)c2c(n1CC(C)C)CC(C)(C)CC2=O. The van der Waals surface area contributed by atoms with E-state index in [9.17, 15) is 14.7 Å². The summed E-state index contributed by atoms with van der Waals surface area (Å²) in [5.41, 5.74) is 3.00. The van der Waals surface area contributed by atoms with Gasteiger partial charge in [-0.15, -0.1) is 0 Å². The van der Waals surface area contributed by atoms with E-state index in [0.29, 0.717) is 12.3 Å². The second kappa shape index (κ2) is 7.18. The molecule has 1 aliphatic carbocycles. The molecule has 0 aliphatic heterocycles. The number of hydrogen-bond acceptors (Lipinski definition) is 3. The molecule has 2 N–H and O–H groups in total. The zero-order valence-electron chi connectivity index (χ0n) is 17.3. The summed E-state index contributed by atoms with van der Waals surface area (Å²) in [4.78, 5) is 25.5. The van der Waals surface area contributed by atoms with E-state index in [1.165, 1.54) is 0 Å². The van der Waals surface area contributed by atoms with Crippen LogP contribution in [0.1, 0.15) is 75.3 Å². The number of Topliss-reactive ketones (excluding diaryl/α,β-unsaturated/α-hetero) is 1. The topological polar surface area (TPSA) is 71.3 Å². The predicted octanol–water partition coefficient (Wildman–Crippen LogP) is 3.04. The molecule has 1 aliphatic rings. The lowest BCUT2D eigenvalue weighted by Gasteiger charge is -2.30. The maximum absolute atomic E-state index is 12.9. The van der Waals surface area contributed by atoms with E-state index in [-0.39, 0.29) is 30.1 Å². The van der Waals surface area contributed by atoms with Gasteiger partial charge in [0.05, 0.1) is 18.6 Å². The standard InChI is InChI=1S/C21H34N2O3/c1-13(2)11-23-14(3)15(8-18(26)22-21(6,7)12-24)19-16(23)9-20(4,5)10-17(19)25/h13,24H,8-12H2,1-7H3,(H,22,26). The van der Waals surface area contributed by atoms with Crippen LogP contribution in [0.5, 0.6) is 0 Å². The van der Waals surface area contributed by atoms with E-state index < -0.39 is 5.54 Å². The Balaban J connectivity index is 2.46. The maximum Gasteiger partial charge on any atom is 0.225 e. The molecule has 5 nitrogen and oxygen atoms in total. The van der Waals surface area contributed by atoms with Gasteiger partial charge in [0.1, 0.15) is 0 Å². The molecule has 1 heterocycles. The van der Waals surface area contributed by atoms with Gasteiger partial charge in [-0.3, -0.25) is 9.59 Å². The monoisotopic (exact) mass is 362 g/mol. The molecule has 0 radical (unpaired) electrons. The zero-order valence-corrected chi connectivity index (χ0v) is 17.3. The number of hydrogen-bond donors (Lipinski definition) is 2. The number of carbonyl (C=O) groups is 2. The molecule has 0 fully saturated rings. The van der Waals surface area contributed by atoms with Gasteiger partial charge < -0.3 is 15.0 Å². The minimum absolute atomic E-state index is 0.0536.